The Morgan fingerprint density at radius 2 is 1.83 bits per heavy atom. The first-order valence-corrected chi connectivity index (χ1v) is 7.84. The average molecular weight is 329 g/mol. The van der Waals surface area contributed by atoms with Gasteiger partial charge in [-0.1, -0.05) is 43.2 Å². The molecule has 0 bridgehead atoms. The van der Waals surface area contributed by atoms with Gasteiger partial charge in [-0.05, 0) is 25.3 Å². The maximum absolute atomic E-state index is 13.1. The first-order valence-electron chi connectivity index (χ1n) is 7.84. The van der Waals surface area contributed by atoms with Gasteiger partial charge in [0.1, 0.15) is 5.60 Å². The maximum atomic E-state index is 13.1. The number of rotatable bonds is 4. The molecule has 2 N–H and O–H groups in total. The molecule has 128 valence electrons. The van der Waals surface area contributed by atoms with E-state index in [1.54, 1.807) is 30.3 Å². The second kappa shape index (κ2) is 6.91. The molecule has 3 unspecified atom stereocenters. The minimum absolute atomic E-state index is 0.00331. The van der Waals surface area contributed by atoms with Gasteiger partial charge in [-0.2, -0.15) is 13.2 Å². The van der Waals surface area contributed by atoms with Crippen LogP contribution in [0.25, 0.3) is 0 Å². The number of hydrogen-bond acceptors (Lipinski definition) is 2. The summed E-state index contributed by atoms with van der Waals surface area (Å²) in [6.45, 7) is 1.42. The van der Waals surface area contributed by atoms with Crippen LogP contribution in [0.2, 0.25) is 0 Å². The second-order valence-electron chi connectivity index (χ2n) is 6.40. The highest BCUT2D eigenvalue weighted by molar-refractivity contribution is 5.79. The molecule has 1 fully saturated rings. The van der Waals surface area contributed by atoms with Crippen molar-refractivity contribution in [1.82, 2.24) is 5.32 Å². The molecule has 0 aliphatic heterocycles. The smallest absolute Gasteiger partial charge is 0.384 e. The minimum Gasteiger partial charge on any atom is -0.384 e. The van der Waals surface area contributed by atoms with Crippen LogP contribution in [0.1, 0.15) is 38.2 Å². The largest absolute Gasteiger partial charge is 0.392 e. The molecule has 3 nitrogen and oxygen atoms in total. The number of nitrogens with one attached hydrogen (secondary N) is 1. The predicted molar refractivity (Wildman–Crippen MR) is 80.5 cm³/mol. The van der Waals surface area contributed by atoms with Crippen molar-refractivity contribution in [2.24, 2.45) is 11.8 Å². The second-order valence-corrected chi connectivity index (χ2v) is 6.40. The monoisotopic (exact) mass is 329 g/mol. The summed E-state index contributed by atoms with van der Waals surface area (Å²) in [4.78, 5) is 12.2. The van der Waals surface area contributed by atoms with Gasteiger partial charge in [0.05, 0.1) is 12.5 Å². The molecule has 2 rings (SSSR count). The summed E-state index contributed by atoms with van der Waals surface area (Å²) in [5.41, 5.74) is -0.712. The highest BCUT2D eigenvalue weighted by Gasteiger charge is 2.48. The Labute approximate surface area is 133 Å². The summed E-state index contributed by atoms with van der Waals surface area (Å²) in [5, 5.41) is 12.9. The molecule has 6 heteroatoms. The van der Waals surface area contributed by atoms with Crippen LogP contribution in [0.15, 0.2) is 30.3 Å². The van der Waals surface area contributed by atoms with E-state index in [-0.39, 0.29) is 19.4 Å². The lowest BCUT2D eigenvalue weighted by Gasteiger charge is -2.33. The van der Waals surface area contributed by atoms with Crippen molar-refractivity contribution in [1.29, 1.82) is 0 Å². The Morgan fingerprint density at radius 1 is 1.22 bits per heavy atom. The van der Waals surface area contributed by atoms with Crippen molar-refractivity contribution >= 4 is 5.91 Å². The molecule has 1 aliphatic rings. The van der Waals surface area contributed by atoms with Crippen LogP contribution in [0.5, 0.6) is 0 Å². The van der Waals surface area contributed by atoms with Gasteiger partial charge >= 0.3 is 6.18 Å². The lowest BCUT2D eigenvalue weighted by atomic mass is 9.78. The number of benzene rings is 1. The quantitative estimate of drug-likeness (QED) is 0.890. The Balaban J connectivity index is 2.01. The third-order valence-electron chi connectivity index (χ3n) is 4.53. The number of halogens is 3. The van der Waals surface area contributed by atoms with E-state index in [1.807, 2.05) is 0 Å². The summed E-state index contributed by atoms with van der Waals surface area (Å²) in [6.07, 6.45) is -3.00. The van der Waals surface area contributed by atoms with Crippen LogP contribution in [0.4, 0.5) is 13.2 Å². The van der Waals surface area contributed by atoms with Gasteiger partial charge < -0.3 is 10.4 Å². The Kier molecular flexibility index (Phi) is 5.34. The zero-order chi connectivity index (χ0) is 17.1. The standard InChI is InChI=1S/C17H22F3NO2/c1-16(23,12-7-3-2-4-8-12)11-21-15(22)13-9-5-6-10-14(13)17(18,19)20/h2-4,7-8,13-14,23H,5-6,9-11H2,1H3,(H,21,22). The van der Waals surface area contributed by atoms with Crippen LogP contribution in [-0.4, -0.2) is 23.7 Å². The zero-order valence-electron chi connectivity index (χ0n) is 13.1. The van der Waals surface area contributed by atoms with E-state index < -0.39 is 29.5 Å². The van der Waals surface area contributed by atoms with E-state index >= 15 is 0 Å². The van der Waals surface area contributed by atoms with Gasteiger partial charge in [-0.25, -0.2) is 0 Å². The van der Waals surface area contributed by atoms with E-state index in [9.17, 15) is 23.1 Å². The van der Waals surface area contributed by atoms with Gasteiger partial charge in [-0.15, -0.1) is 0 Å². The number of amides is 1. The molecular formula is C17H22F3NO2. The fraction of sp³-hybridized carbons (Fsp3) is 0.588. The molecule has 0 saturated heterocycles. The minimum atomic E-state index is -4.36. The highest BCUT2D eigenvalue weighted by Crippen LogP contribution is 2.41. The Hall–Kier alpha value is -1.56. The van der Waals surface area contributed by atoms with Gasteiger partial charge in [0, 0.05) is 5.92 Å². The number of aliphatic hydroxyl groups is 1. The fourth-order valence-electron chi connectivity index (χ4n) is 3.13. The lowest BCUT2D eigenvalue weighted by Crippen LogP contribution is -2.46. The van der Waals surface area contributed by atoms with Crippen LogP contribution < -0.4 is 5.32 Å². The van der Waals surface area contributed by atoms with E-state index in [2.05, 4.69) is 5.32 Å². The third kappa shape index (κ3) is 4.47. The van der Waals surface area contributed by atoms with Gasteiger partial charge in [0.2, 0.25) is 5.91 Å². The SMILES string of the molecule is CC(O)(CNC(=O)C1CCCCC1C(F)(F)F)c1ccccc1. The van der Waals surface area contributed by atoms with Crippen LogP contribution >= 0.6 is 0 Å². The van der Waals surface area contributed by atoms with Crippen LogP contribution in [-0.2, 0) is 10.4 Å². The van der Waals surface area contributed by atoms with Crippen LogP contribution in [0.3, 0.4) is 0 Å². The van der Waals surface area contributed by atoms with Crippen molar-refractivity contribution in [2.75, 3.05) is 6.54 Å². The van der Waals surface area contributed by atoms with E-state index in [4.69, 9.17) is 0 Å². The molecule has 0 heterocycles. The van der Waals surface area contributed by atoms with Gasteiger partial charge in [0.15, 0.2) is 0 Å². The third-order valence-corrected chi connectivity index (χ3v) is 4.53. The summed E-state index contributed by atoms with van der Waals surface area (Å²) in [6, 6.07) is 8.74. The fourth-order valence-corrected chi connectivity index (χ4v) is 3.13. The van der Waals surface area contributed by atoms with E-state index in [0.29, 0.717) is 18.4 Å². The van der Waals surface area contributed by atoms with Crippen molar-refractivity contribution in [2.45, 2.75) is 44.4 Å². The van der Waals surface area contributed by atoms with Gasteiger partial charge in [-0.3, -0.25) is 4.79 Å². The van der Waals surface area contributed by atoms with Crippen molar-refractivity contribution in [3.63, 3.8) is 0 Å². The van der Waals surface area contributed by atoms with E-state index in [0.717, 1.165) is 0 Å². The first kappa shape index (κ1) is 17.8. The number of carbonyl (C=O) groups excluding carboxylic acids is 1. The summed E-state index contributed by atoms with van der Waals surface area (Å²) < 4.78 is 39.2. The molecule has 1 amide bonds. The first-order chi connectivity index (χ1) is 10.7. The van der Waals surface area contributed by atoms with Crippen molar-refractivity contribution in [3.05, 3.63) is 35.9 Å². The summed E-state index contributed by atoms with van der Waals surface area (Å²) in [5.74, 6) is -3.27. The van der Waals surface area contributed by atoms with Crippen molar-refractivity contribution < 1.29 is 23.1 Å². The predicted octanol–water partition coefficient (Wildman–Crippen LogP) is 3.38. The molecule has 1 aromatic carbocycles. The van der Waals surface area contributed by atoms with Gasteiger partial charge in [0.25, 0.3) is 0 Å². The van der Waals surface area contributed by atoms with Crippen molar-refractivity contribution in [3.8, 4) is 0 Å². The zero-order valence-corrected chi connectivity index (χ0v) is 13.1. The molecule has 3 atom stereocenters. The molecule has 0 radical (unpaired) electrons. The molecule has 23 heavy (non-hydrogen) atoms. The summed E-state index contributed by atoms with van der Waals surface area (Å²) in [7, 11) is 0. The normalized spacial score (nSPS) is 24.7. The lowest BCUT2D eigenvalue weighted by molar-refractivity contribution is -0.198. The maximum Gasteiger partial charge on any atom is 0.392 e. The topological polar surface area (TPSA) is 49.3 Å². The Bertz CT molecular complexity index is 528. The molecular weight excluding hydrogens is 307 g/mol. The molecule has 1 saturated carbocycles. The number of hydrogen-bond donors (Lipinski definition) is 2. The highest BCUT2D eigenvalue weighted by atomic mass is 19.4. The molecule has 0 aromatic heterocycles. The Morgan fingerprint density at radius 3 is 2.43 bits per heavy atom. The number of carbonyl (C=O) groups is 1. The molecule has 1 aromatic rings. The number of alkyl halides is 3. The molecule has 1 aliphatic carbocycles. The molecule has 0 spiro atoms. The summed E-state index contributed by atoms with van der Waals surface area (Å²) >= 11 is 0. The van der Waals surface area contributed by atoms with E-state index in [1.165, 1.54) is 6.92 Å². The average Bonchev–Trinajstić information content (AvgIpc) is 2.53. The van der Waals surface area contributed by atoms with Crippen LogP contribution in [0, 0.1) is 11.8 Å².